The van der Waals surface area contributed by atoms with Crippen LogP contribution in [0.5, 0.6) is 11.5 Å². The zero-order valence-electron chi connectivity index (χ0n) is 49.7. The fourth-order valence-electron chi connectivity index (χ4n) is 8.07. The van der Waals surface area contributed by atoms with Crippen molar-refractivity contribution in [1.82, 2.24) is 14.1 Å². The van der Waals surface area contributed by atoms with Crippen molar-refractivity contribution in [1.29, 1.82) is 0 Å². The first-order valence-corrected chi connectivity index (χ1v) is 20.7. The third-order valence-corrected chi connectivity index (χ3v) is 10.4. The van der Waals surface area contributed by atoms with Gasteiger partial charge in [-0.15, -0.1) is 0 Å². The Morgan fingerprint density at radius 1 is 0.603 bits per heavy atom. The number of ether oxygens (including phenoxy) is 1. The molecule has 0 aliphatic heterocycles. The van der Waals surface area contributed by atoms with Crippen LogP contribution in [-0.4, -0.2) is 14.1 Å². The molecule has 0 aliphatic rings. The largest absolute Gasteiger partial charge is 0.458 e. The number of hydrogen-bond acceptors (Lipinski definition) is 2. The summed E-state index contributed by atoms with van der Waals surface area (Å²) in [6, 6.07) is 28.1. The Labute approximate surface area is 390 Å². The molecule has 0 bridgehead atoms. The molecule has 3 aromatic heterocycles. The molecule has 0 saturated heterocycles. The summed E-state index contributed by atoms with van der Waals surface area (Å²) in [4.78, 5) is 4.74. The highest BCUT2D eigenvalue weighted by atomic mass is 16.5. The fourth-order valence-corrected chi connectivity index (χ4v) is 8.07. The van der Waals surface area contributed by atoms with Gasteiger partial charge in [0.25, 0.3) is 6.33 Å². The molecule has 0 spiro atoms. The Morgan fingerprint density at radius 3 is 1.94 bits per heavy atom. The summed E-state index contributed by atoms with van der Waals surface area (Å²) in [6.07, 6.45) is 1.43. The summed E-state index contributed by atoms with van der Waals surface area (Å²) >= 11 is 0. The highest BCUT2D eigenvalue weighted by Gasteiger charge is 2.22. The van der Waals surface area contributed by atoms with Gasteiger partial charge in [-0.1, -0.05) is 162 Å². The van der Waals surface area contributed by atoms with E-state index in [1.54, 1.807) is 80.1 Å². The molecule has 0 aliphatic carbocycles. The van der Waals surface area contributed by atoms with Crippen LogP contribution in [0.1, 0.15) is 71.9 Å². The first-order chi connectivity index (χ1) is 36.1. The predicted molar refractivity (Wildman–Crippen MR) is 259 cm³/mol. The van der Waals surface area contributed by atoms with Crippen LogP contribution in [0.25, 0.3) is 72.3 Å². The molecule has 10 aromatic rings. The highest BCUT2D eigenvalue weighted by molar-refractivity contribution is 6.09. The standard InChI is InChI=1S/C58H52N4O/c1-57(2,3)37-40-27-30-52-54(33-40)61(56-47(42-17-9-7-10-18-42)24-16-25-48(56)43-19-11-8-12-20-43)39-60(52)44-21-15-22-45(35-44)63-46-28-29-50-49-23-13-14-26-51(49)62(53(50)36-46)55-34-41(31-32-59-55)38-58(4,5)6/h7-36H,37-38H2,1-6H3/i7D,8D,9D,10D,11D,12D,17D,18D,19D,20D,37D2,38D2. The Kier molecular flexibility index (Phi) is 6.80. The molecule has 5 heteroatoms. The third-order valence-electron chi connectivity index (χ3n) is 10.4. The summed E-state index contributed by atoms with van der Waals surface area (Å²) in [7, 11) is 0. The van der Waals surface area contributed by atoms with E-state index in [0.29, 0.717) is 39.6 Å². The van der Waals surface area contributed by atoms with Crippen molar-refractivity contribution in [3.63, 3.8) is 0 Å². The van der Waals surface area contributed by atoms with Gasteiger partial charge in [-0.3, -0.25) is 13.7 Å². The van der Waals surface area contributed by atoms with E-state index in [9.17, 15) is 2.74 Å². The second-order valence-corrected chi connectivity index (χ2v) is 17.5. The molecule has 0 atom stereocenters. The van der Waals surface area contributed by atoms with E-state index in [-0.39, 0.29) is 33.5 Å². The number of aromatic nitrogens is 4. The number of hydrogen-bond donors (Lipinski definition) is 0. The first-order valence-electron chi connectivity index (χ1n) is 27.7. The van der Waals surface area contributed by atoms with Crippen molar-refractivity contribution in [2.24, 2.45) is 10.8 Å². The average molecular weight is 835 g/mol. The minimum absolute atomic E-state index is 0.0486. The molecule has 3 heterocycles. The maximum atomic E-state index is 9.36. The number of benzene rings is 7. The Balaban J connectivity index is 1.19. The van der Waals surface area contributed by atoms with Gasteiger partial charge in [-0.25, -0.2) is 4.98 Å². The van der Waals surface area contributed by atoms with Gasteiger partial charge >= 0.3 is 0 Å². The summed E-state index contributed by atoms with van der Waals surface area (Å²) in [5, 5.41) is 1.89. The van der Waals surface area contributed by atoms with E-state index in [0.717, 1.165) is 21.8 Å². The molecule has 63 heavy (non-hydrogen) atoms. The summed E-state index contributed by atoms with van der Waals surface area (Å²) in [6.45, 7) is 10.9. The lowest BCUT2D eigenvalue weighted by molar-refractivity contribution is -0.571. The van der Waals surface area contributed by atoms with Gasteiger partial charge < -0.3 is 4.74 Å². The molecule has 0 N–H and O–H groups in total. The van der Waals surface area contributed by atoms with Crippen LogP contribution in [0.3, 0.4) is 0 Å². The Hall–Kier alpha value is -7.24. The quantitative estimate of drug-likeness (QED) is 0.107. The van der Waals surface area contributed by atoms with Gasteiger partial charge in [-0.2, -0.15) is 0 Å². The lowest BCUT2D eigenvalue weighted by Crippen LogP contribution is -2.31. The normalized spacial score (nSPS) is 15.7. The second kappa shape index (κ2) is 15.9. The molecule has 5 nitrogen and oxygen atoms in total. The lowest BCUT2D eigenvalue weighted by Gasteiger charge is -2.19. The number of rotatable bonds is 9. The Morgan fingerprint density at radius 2 is 1.24 bits per heavy atom. The fraction of sp³-hybridized carbons (Fsp3) is 0.172. The smallest absolute Gasteiger partial charge is 0.269 e. The van der Waals surface area contributed by atoms with Crippen molar-refractivity contribution < 1.29 is 28.5 Å². The van der Waals surface area contributed by atoms with Crippen molar-refractivity contribution >= 4 is 32.8 Å². The van der Waals surface area contributed by atoms with Gasteiger partial charge in [0.1, 0.15) is 17.3 Å². The van der Waals surface area contributed by atoms with Gasteiger partial charge in [0, 0.05) is 28.5 Å². The van der Waals surface area contributed by atoms with Crippen LogP contribution in [-0.2, 0) is 12.7 Å². The molecule has 0 radical (unpaired) electrons. The van der Waals surface area contributed by atoms with Crippen LogP contribution in [0.15, 0.2) is 182 Å². The molecular weight excluding hydrogens is 769 g/mol. The van der Waals surface area contributed by atoms with Crippen molar-refractivity contribution in [3.8, 4) is 50.9 Å². The average Bonchev–Trinajstić information content (AvgIpc) is 4.01. The zero-order chi connectivity index (χ0) is 55.6. The highest BCUT2D eigenvalue weighted by Crippen LogP contribution is 2.38. The maximum Gasteiger partial charge on any atom is 0.269 e. The molecular formula is C58H52N4O. The number of imidazole rings is 1. The molecule has 0 unspecified atom stereocenters. The van der Waals surface area contributed by atoms with Crippen molar-refractivity contribution in [2.75, 3.05) is 0 Å². The first kappa shape index (κ1) is 27.0. The van der Waals surface area contributed by atoms with Gasteiger partial charge in [0.15, 0.2) is 0 Å². The van der Waals surface area contributed by atoms with Crippen LogP contribution in [0.2, 0.25) is 0 Å². The van der Waals surface area contributed by atoms with Crippen LogP contribution >= 0.6 is 0 Å². The third kappa shape index (κ3) is 8.03. The van der Waals surface area contributed by atoms with Crippen LogP contribution in [0, 0.1) is 17.2 Å². The molecule has 0 fully saturated rings. The predicted octanol–water partition coefficient (Wildman–Crippen LogP) is 14.5. The van der Waals surface area contributed by atoms with Gasteiger partial charge in [0.05, 0.1) is 47.1 Å². The van der Waals surface area contributed by atoms with E-state index in [2.05, 4.69) is 6.33 Å². The van der Waals surface area contributed by atoms with E-state index in [4.69, 9.17) is 26.2 Å². The van der Waals surface area contributed by atoms with Crippen LogP contribution < -0.4 is 9.30 Å². The van der Waals surface area contributed by atoms with Crippen molar-refractivity contribution in [3.05, 3.63) is 199 Å². The summed E-state index contributed by atoms with van der Waals surface area (Å²) in [5.41, 5.74) is 1.81. The summed E-state index contributed by atoms with van der Waals surface area (Å²) in [5.74, 6) is 1.41. The second-order valence-electron chi connectivity index (χ2n) is 17.5. The molecule has 0 amide bonds. The number of para-hydroxylation sites is 2. The topological polar surface area (TPSA) is 35.9 Å². The molecule has 7 aromatic carbocycles. The summed E-state index contributed by atoms with van der Waals surface area (Å²) < 4.78 is 137. The molecule has 0 saturated carbocycles. The monoisotopic (exact) mass is 835 g/mol. The lowest BCUT2D eigenvalue weighted by atomic mass is 9.88. The minimum atomic E-state index is -1.93. The number of pyridine rings is 1. The van der Waals surface area contributed by atoms with Gasteiger partial charge in [0.2, 0.25) is 0 Å². The van der Waals surface area contributed by atoms with E-state index in [1.165, 1.54) is 22.8 Å². The molecule has 10 rings (SSSR count). The number of fused-ring (bicyclic) bond motifs is 4. The SMILES string of the molecule is [2H]c1c([2H])c([2H])c(-c2cccc(-c3c([2H])c([2H])c([2H])c([2H])c3[2H])c2-[n+]2[c-]n(-c3cccc(Oc4ccc5c6ccccc6n(-c6cc(C([2H])([2H])C(C)(C)C)ccn6)c5c4)c3)c3ccc(C([2H])([2H])C(C)(C)C)cc32)c([2H])c1[2H]. The number of nitrogens with zero attached hydrogens (tertiary/aromatic N) is 4. The van der Waals surface area contributed by atoms with E-state index < -0.39 is 84.0 Å². The zero-order valence-corrected chi connectivity index (χ0v) is 35.7. The molecule has 310 valence electrons. The van der Waals surface area contributed by atoms with Gasteiger partial charge in [-0.05, 0) is 106 Å². The van der Waals surface area contributed by atoms with E-state index >= 15 is 0 Å². The van der Waals surface area contributed by atoms with E-state index in [1.807, 2.05) is 73.9 Å². The minimum Gasteiger partial charge on any atom is -0.458 e. The maximum absolute atomic E-state index is 9.36. The van der Waals surface area contributed by atoms with Crippen molar-refractivity contribution in [2.45, 2.75) is 54.3 Å². The van der Waals surface area contributed by atoms with Crippen LogP contribution in [0.4, 0.5) is 0 Å². The Bertz CT molecular complexity index is 3930.